The molecule has 10 heteroatoms. The van der Waals surface area contributed by atoms with Gasteiger partial charge < -0.3 is 10.1 Å². The summed E-state index contributed by atoms with van der Waals surface area (Å²) in [6, 6.07) is 10.5. The number of carbonyl (C=O) groups is 2. The highest BCUT2D eigenvalue weighted by atomic mass is 35.5. The Hall–Kier alpha value is -2.78. The van der Waals surface area contributed by atoms with Gasteiger partial charge in [-0.3, -0.25) is 4.79 Å². The summed E-state index contributed by atoms with van der Waals surface area (Å²) < 4.78 is 5.11. The Balaban J connectivity index is 1.54. The van der Waals surface area contributed by atoms with E-state index in [2.05, 4.69) is 20.7 Å². The van der Waals surface area contributed by atoms with Crippen LogP contribution in [0.5, 0.6) is 0 Å². The first-order chi connectivity index (χ1) is 12.5. The lowest BCUT2D eigenvalue weighted by atomic mass is 10.3. The van der Waals surface area contributed by atoms with Gasteiger partial charge in [0.05, 0.1) is 15.6 Å². The van der Waals surface area contributed by atoms with Crippen LogP contribution in [0.2, 0.25) is 5.02 Å². The van der Waals surface area contributed by atoms with Gasteiger partial charge in [-0.25, -0.2) is 4.79 Å². The fourth-order valence-electron chi connectivity index (χ4n) is 2.02. The van der Waals surface area contributed by atoms with Crippen LogP contribution in [0.1, 0.15) is 6.92 Å². The second-order valence-electron chi connectivity index (χ2n) is 5.22. The molecular weight excluding hydrogens is 378 g/mol. The predicted octanol–water partition coefficient (Wildman–Crippen LogP) is 2.63. The topological polar surface area (TPSA) is 99.0 Å². The van der Waals surface area contributed by atoms with Gasteiger partial charge in [0.1, 0.15) is 0 Å². The number of tetrazole rings is 1. The lowest BCUT2D eigenvalue weighted by molar-refractivity contribution is -0.154. The second-order valence-corrected chi connectivity index (χ2v) is 6.58. The fraction of sp³-hybridized carbons (Fsp3) is 0.188. The van der Waals surface area contributed by atoms with E-state index in [4.69, 9.17) is 16.3 Å². The van der Waals surface area contributed by atoms with Gasteiger partial charge in [-0.15, -0.1) is 21.5 Å². The number of nitrogens with zero attached hydrogens (tertiary/aromatic N) is 4. The van der Waals surface area contributed by atoms with Crippen molar-refractivity contribution >= 4 is 40.5 Å². The molecule has 3 rings (SSSR count). The average Bonchev–Trinajstić information content (AvgIpc) is 3.28. The van der Waals surface area contributed by atoms with Gasteiger partial charge in [0.2, 0.25) is 5.82 Å². The van der Waals surface area contributed by atoms with Gasteiger partial charge in [-0.2, -0.15) is 4.80 Å². The van der Waals surface area contributed by atoms with Gasteiger partial charge in [-0.05, 0) is 35.7 Å². The maximum Gasteiger partial charge on any atom is 0.330 e. The Kier molecular flexibility index (Phi) is 5.59. The first-order valence-corrected chi connectivity index (χ1v) is 8.85. The van der Waals surface area contributed by atoms with E-state index in [0.717, 1.165) is 9.67 Å². The summed E-state index contributed by atoms with van der Waals surface area (Å²) in [6.45, 7) is 1.22. The van der Waals surface area contributed by atoms with Crippen molar-refractivity contribution in [1.29, 1.82) is 0 Å². The van der Waals surface area contributed by atoms with Crippen LogP contribution in [0.4, 0.5) is 5.69 Å². The van der Waals surface area contributed by atoms with Crippen molar-refractivity contribution in [2.24, 2.45) is 0 Å². The molecule has 2 aromatic heterocycles. The maximum atomic E-state index is 12.1. The standard InChI is InChI=1S/C16H14ClN5O3S/c1-10(16(24)18-12-6-3-2-5-11(12)17)25-14(23)9-22-20-15(19-21-22)13-7-4-8-26-13/h2-8,10H,9H2,1H3,(H,18,24)/t10-/m1/s1. The van der Waals surface area contributed by atoms with Crippen molar-refractivity contribution in [3.63, 3.8) is 0 Å². The highest BCUT2D eigenvalue weighted by Gasteiger charge is 2.20. The molecule has 1 amide bonds. The minimum absolute atomic E-state index is 0.248. The molecule has 2 heterocycles. The van der Waals surface area contributed by atoms with E-state index in [1.54, 1.807) is 24.3 Å². The number of benzene rings is 1. The Morgan fingerprint density at radius 2 is 2.12 bits per heavy atom. The third-order valence-electron chi connectivity index (χ3n) is 3.27. The molecule has 0 unspecified atom stereocenters. The number of hydrogen-bond acceptors (Lipinski definition) is 7. The highest BCUT2D eigenvalue weighted by Crippen LogP contribution is 2.21. The van der Waals surface area contributed by atoms with Crippen LogP contribution < -0.4 is 5.32 Å². The Bertz CT molecular complexity index is 912. The van der Waals surface area contributed by atoms with E-state index in [-0.39, 0.29) is 6.54 Å². The molecule has 0 aliphatic carbocycles. The van der Waals surface area contributed by atoms with Crippen LogP contribution in [-0.2, 0) is 20.9 Å². The number of para-hydroxylation sites is 1. The van der Waals surface area contributed by atoms with Crippen LogP contribution in [0.25, 0.3) is 10.7 Å². The zero-order valence-corrected chi connectivity index (χ0v) is 15.2. The predicted molar refractivity (Wildman–Crippen MR) is 96.8 cm³/mol. The van der Waals surface area contributed by atoms with Crippen LogP contribution in [0.3, 0.4) is 0 Å². The number of aromatic nitrogens is 4. The number of hydrogen-bond donors (Lipinski definition) is 1. The highest BCUT2D eigenvalue weighted by molar-refractivity contribution is 7.13. The zero-order valence-electron chi connectivity index (χ0n) is 13.6. The number of anilines is 1. The number of carbonyl (C=O) groups excluding carboxylic acids is 2. The lowest BCUT2D eigenvalue weighted by Crippen LogP contribution is -2.31. The van der Waals surface area contributed by atoms with Crippen LogP contribution in [0, 0.1) is 0 Å². The number of thiophene rings is 1. The number of esters is 1. The molecule has 0 bridgehead atoms. The van der Waals surface area contributed by atoms with E-state index >= 15 is 0 Å². The van der Waals surface area contributed by atoms with Crippen LogP contribution in [-0.4, -0.2) is 38.2 Å². The Morgan fingerprint density at radius 1 is 1.31 bits per heavy atom. The molecule has 0 saturated heterocycles. The van der Waals surface area contributed by atoms with E-state index in [1.807, 2.05) is 17.5 Å². The number of ether oxygens (including phenoxy) is 1. The third-order valence-corrected chi connectivity index (χ3v) is 4.47. The van der Waals surface area contributed by atoms with Crippen molar-refractivity contribution < 1.29 is 14.3 Å². The zero-order chi connectivity index (χ0) is 18.5. The fourth-order valence-corrected chi connectivity index (χ4v) is 2.85. The number of nitrogens with one attached hydrogen (secondary N) is 1. The molecule has 1 N–H and O–H groups in total. The number of halogens is 1. The molecule has 1 atom stereocenters. The van der Waals surface area contributed by atoms with Crippen molar-refractivity contribution in [1.82, 2.24) is 20.2 Å². The molecule has 3 aromatic rings. The molecule has 8 nitrogen and oxygen atoms in total. The molecule has 0 spiro atoms. The maximum absolute atomic E-state index is 12.1. The smallest absolute Gasteiger partial charge is 0.330 e. The summed E-state index contributed by atoms with van der Waals surface area (Å²) in [5.41, 5.74) is 0.445. The summed E-state index contributed by atoms with van der Waals surface area (Å²) in [5, 5.41) is 16.7. The van der Waals surface area contributed by atoms with E-state index in [9.17, 15) is 9.59 Å². The second kappa shape index (κ2) is 8.07. The molecule has 0 fully saturated rings. The van der Waals surface area contributed by atoms with Gasteiger partial charge in [0, 0.05) is 0 Å². The molecule has 0 saturated carbocycles. The molecular formula is C16H14ClN5O3S. The monoisotopic (exact) mass is 391 g/mol. The Morgan fingerprint density at radius 3 is 2.85 bits per heavy atom. The van der Waals surface area contributed by atoms with Crippen molar-refractivity contribution in [2.45, 2.75) is 19.6 Å². The van der Waals surface area contributed by atoms with Crippen LogP contribution in [0.15, 0.2) is 41.8 Å². The summed E-state index contributed by atoms with van der Waals surface area (Å²) in [5.74, 6) is -0.712. The van der Waals surface area contributed by atoms with Gasteiger partial charge in [0.25, 0.3) is 5.91 Å². The normalized spacial score (nSPS) is 11.8. The first-order valence-electron chi connectivity index (χ1n) is 7.59. The third kappa shape index (κ3) is 4.44. The summed E-state index contributed by atoms with van der Waals surface area (Å²) in [6.07, 6.45) is -1.00. The first kappa shape index (κ1) is 18.0. The lowest BCUT2D eigenvalue weighted by Gasteiger charge is -2.13. The van der Waals surface area contributed by atoms with Crippen molar-refractivity contribution in [3.05, 3.63) is 46.8 Å². The van der Waals surface area contributed by atoms with Crippen LogP contribution >= 0.6 is 22.9 Å². The van der Waals surface area contributed by atoms with Gasteiger partial charge in [0.15, 0.2) is 12.6 Å². The SMILES string of the molecule is C[C@@H](OC(=O)Cn1nnc(-c2cccs2)n1)C(=O)Nc1ccccc1Cl. The van der Waals surface area contributed by atoms with E-state index in [1.165, 1.54) is 18.3 Å². The van der Waals surface area contributed by atoms with E-state index in [0.29, 0.717) is 16.5 Å². The average molecular weight is 392 g/mol. The molecule has 1 aromatic carbocycles. The number of amides is 1. The minimum Gasteiger partial charge on any atom is -0.451 e. The van der Waals surface area contributed by atoms with Gasteiger partial charge in [-0.1, -0.05) is 29.8 Å². The molecule has 0 radical (unpaired) electrons. The Labute approximate surface area is 157 Å². The van der Waals surface area contributed by atoms with Crippen molar-refractivity contribution in [3.8, 4) is 10.7 Å². The van der Waals surface area contributed by atoms with Gasteiger partial charge >= 0.3 is 5.97 Å². The summed E-state index contributed by atoms with van der Waals surface area (Å²) >= 11 is 7.45. The molecule has 0 aliphatic heterocycles. The van der Waals surface area contributed by atoms with E-state index < -0.39 is 18.0 Å². The molecule has 26 heavy (non-hydrogen) atoms. The molecule has 0 aliphatic rings. The quantitative estimate of drug-likeness (QED) is 0.648. The van der Waals surface area contributed by atoms with Crippen molar-refractivity contribution in [2.75, 3.05) is 5.32 Å². The minimum atomic E-state index is -1.00. The molecule has 134 valence electrons. The largest absolute Gasteiger partial charge is 0.451 e. The number of rotatable bonds is 6. The summed E-state index contributed by atoms with van der Waals surface area (Å²) in [7, 11) is 0. The summed E-state index contributed by atoms with van der Waals surface area (Å²) in [4.78, 5) is 26.1.